The van der Waals surface area contributed by atoms with Crippen molar-refractivity contribution in [2.75, 3.05) is 0 Å². The van der Waals surface area contributed by atoms with E-state index < -0.39 is 4.92 Å². The smallest absolute Gasteiger partial charge is 0.397 e. The van der Waals surface area contributed by atoms with Crippen LogP contribution in [0.3, 0.4) is 0 Å². The Balaban J connectivity index is 2.42. The Morgan fingerprint density at radius 1 is 1.44 bits per heavy atom. The van der Waals surface area contributed by atoms with E-state index in [4.69, 9.17) is 4.42 Å². The van der Waals surface area contributed by atoms with Gasteiger partial charge in [-0.15, -0.1) is 0 Å². The molecule has 0 amide bonds. The number of hydrogen-bond donors (Lipinski definition) is 0. The lowest BCUT2D eigenvalue weighted by Crippen LogP contribution is -1.89. The van der Waals surface area contributed by atoms with Gasteiger partial charge in [0, 0.05) is 6.20 Å². The van der Waals surface area contributed by atoms with Gasteiger partial charge in [0.15, 0.2) is 11.6 Å². The van der Waals surface area contributed by atoms with Gasteiger partial charge in [-0.2, -0.15) is 0 Å². The van der Waals surface area contributed by atoms with Crippen molar-refractivity contribution in [3.05, 3.63) is 46.8 Å². The fraction of sp³-hybridized carbons (Fsp3) is 0. The molecule has 0 aliphatic rings. The van der Waals surface area contributed by atoms with E-state index in [1.54, 1.807) is 12.1 Å². The van der Waals surface area contributed by atoms with Gasteiger partial charge < -0.3 is 4.42 Å². The topological polar surface area (TPSA) is 82.1 Å². The molecule has 0 saturated carbocycles. The van der Waals surface area contributed by atoms with Gasteiger partial charge in [-0.25, -0.2) is 9.97 Å². The lowest BCUT2D eigenvalue weighted by molar-refractivity contribution is -0.401. The Kier molecular flexibility index (Phi) is 2.47. The summed E-state index contributed by atoms with van der Waals surface area (Å²) in [4.78, 5) is 17.9. The molecule has 2 rings (SSSR count). The van der Waals surface area contributed by atoms with E-state index in [1.807, 2.05) is 0 Å². The Bertz CT molecular complexity index is 548. The van der Waals surface area contributed by atoms with Gasteiger partial charge in [-0.05, 0) is 18.2 Å². The molecule has 0 radical (unpaired) electrons. The van der Waals surface area contributed by atoms with Crippen LogP contribution in [0.5, 0.6) is 0 Å². The van der Waals surface area contributed by atoms with Crippen LogP contribution in [0.2, 0.25) is 0 Å². The van der Waals surface area contributed by atoms with E-state index in [0.29, 0.717) is 11.5 Å². The van der Waals surface area contributed by atoms with Crippen molar-refractivity contribution in [2.24, 2.45) is 0 Å². The maximum Gasteiger partial charge on any atom is 0.433 e. The van der Waals surface area contributed by atoms with E-state index in [-0.39, 0.29) is 11.6 Å². The normalized spacial score (nSPS) is 10.0. The molecule has 0 atom stereocenters. The first-order valence-corrected chi connectivity index (χ1v) is 4.41. The van der Waals surface area contributed by atoms with Crippen molar-refractivity contribution in [3.8, 4) is 11.6 Å². The molecule has 0 N–H and O–H groups in total. The highest BCUT2D eigenvalue weighted by Gasteiger charge is 2.14. The maximum atomic E-state index is 10.4. The van der Waals surface area contributed by atoms with Crippen molar-refractivity contribution in [3.63, 3.8) is 0 Å². The lowest BCUT2D eigenvalue weighted by atomic mass is 10.3. The van der Waals surface area contributed by atoms with Crippen LogP contribution in [0.25, 0.3) is 17.7 Å². The summed E-state index contributed by atoms with van der Waals surface area (Å²) >= 11 is 0. The molecule has 0 saturated heterocycles. The number of nitrogens with zero attached hydrogens (tertiary/aromatic N) is 3. The predicted molar refractivity (Wildman–Crippen MR) is 56.5 cm³/mol. The monoisotopic (exact) mass is 217 g/mol. The molecule has 6 nitrogen and oxygen atoms in total. The van der Waals surface area contributed by atoms with Gasteiger partial charge in [0.1, 0.15) is 4.92 Å². The van der Waals surface area contributed by atoms with Crippen LogP contribution in [0.15, 0.2) is 35.4 Å². The summed E-state index contributed by atoms with van der Waals surface area (Å²) in [5.74, 6) is 0.225. The highest BCUT2D eigenvalue weighted by molar-refractivity contribution is 5.52. The Morgan fingerprint density at radius 2 is 2.25 bits per heavy atom. The van der Waals surface area contributed by atoms with Crippen LogP contribution < -0.4 is 0 Å². The third-order valence-corrected chi connectivity index (χ3v) is 1.88. The number of furan rings is 1. The molecule has 0 aliphatic heterocycles. The van der Waals surface area contributed by atoms with E-state index in [0.717, 1.165) is 0 Å². The van der Waals surface area contributed by atoms with Crippen LogP contribution >= 0.6 is 0 Å². The zero-order chi connectivity index (χ0) is 11.5. The second-order valence-corrected chi connectivity index (χ2v) is 2.90. The molecule has 2 aromatic heterocycles. The SMILES string of the molecule is C=Cc1ccnc(-c2ccc([N+](=O)[O-])o2)n1. The van der Waals surface area contributed by atoms with E-state index in [9.17, 15) is 10.1 Å². The lowest BCUT2D eigenvalue weighted by Gasteiger charge is -1.95. The molecule has 0 aromatic carbocycles. The number of nitro groups is 1. The summed E-state index contributed by atoms with van der Waals surface area (Å²) in [6.45, 7) is 3.57. The van der Waals surface area contributed by atoms with Crippen molar-refractivity contribution >= 4 is 12.0 Å². The fourth-order valence-electron chi connectivity index (χ4n) is 1.15. The van der Waals surface area contributed by atoms with Crippen molar-refractivity contribution in [2.45, 2.75) is 0 Å². The molecule has 0 bridgehead atoms. The van der Waals surface area contributed by atoms with Gasteiger partial charge >= 0.3 is 5.88 Å². The van der Waals surface area contributed by atoms with Gasteiger partial charge in [-0.1, -0.05) is 6.58 Å². The summed E-state index contributed by atoms with van der Waals surface area (Å²) < 4.78 is 4.97. The van der Waals surface area contributed by atoms with Gasteiger partial charge in [0.25, 0.3) is 0 Å². The summed E-state index contributed by atoms with van der Waals surface area (Å²) in [5.41, 5.74) is 0.629. The summed E-state index contributed by atoms with van der Waals surface area (Å²) in [6.07, 6.45) is 3.09. The molecule has 80 valence electrons. The van der Waals surface area contributed by atoms with Crippen LogP contribution in [0, 0.1) is 10.1 Å². The van der Waals surface area contributed by atoms with Crippen LogP contribution in [0.4, 0.5) is 5.88 Å². The predicted octanol–water partition coefficient (Wildman–Crippen LogP) is 2.29. The third kappa shape index (κ3) is 1.81. The first-order valence-electron chi connectivity index (χ1n) is 4.41. The van der Waals surface area contributed by atoms with Crippen molar-refractivity contribution in [1.29, 1.82) is 0 Å². The minimum Gasteiger partial charge on any atom is -0.397 e. The molecule has 0 aliphatic carbocycles. The molecular formula is C10H7N3O3. The molecule has 2 heterocycles. The van der Waals surface area contributed by atoms with Gasteiger partial charge in [0.2, 0.25) is 0 Å². The van der Waals surface area contributed by atoms with Gasteiger partial charge in [-0.3, -0.25) is 10.1 Å². The highest BCUT2D eigenvalue weighted by atomic mass is 16.6. The Hall–Kier alpha value is -2.50. The first kappa shape index (κ1) is 10.0. The summed E-state index contributed by atoms with van der Waals surface area (Å²) in [5, 5.41) is 10.4. The summed E-state index contributed by atoms with van der Waals surface area (Å²) in [6, 6.07) is 4.40. The van der Waals surface area contributed by atoms with Crippen LogP contribution in [0.1, 0.15) is 5.69 Å². The number of aromatic nitrogens is 2. The first-order chi connectivity index (χ1) is 7.70. The van der Waals surface area contributed by atoms with Crippen molar-refractivity contribution in [1.82, 2.24) is 9.97 Å². The van der Waals surface area contributed by atoms with E-state index >= 15 is 0 Å². The molecule has 2 aromatic rings. The average Bonchev–Trinajstić information content (AvgIpc) is 2.78. The average molecular weight is 217 g/mol. The third-order valence-electron chi connectivity index (χ3n) is 1.88. The van der Waals surface area contributed by atoms with Gasteiger partial charge in [0.05, 0.1) is 11.8 Å². The quantitative estimate of drug-likeness (QED) is 0.581. The molecule has 0 fully saturated rings. The molecule has 6 heteroatoms. The van der Waals surface area contributed by atoms with E-state index in [1.165, 1.54) is 18.3 Å². The number of hydrogen-bond acceptors (Lipinski definition) is 5. The fourth-order valence-corrected chi connectivity index (χ4v) is 1.15. The Labute approximate surface area is 90.4 Å². The van der Waals surface area contributed by atoms with Crippen molar-refractivity contribution < 1.29 is 9.34 Å². The summed E-state index contributed by atoms with van der Waals surface area (Å²) in [7, 11) is 0. The second kappa shape index (κ2) is 3.93. The largest absolute Gasteiger partial charge is 0.433 e. The zero-order valence-corrected chi connectivity index (χ0v) is 8.16. The highest BCUT2D eigenvalue weighted by Crippen LogP contribution is 2.23. The van der Waals surface area contributed by atoms with Crippen LogP contribution in [-0.2, 0) is 0 Å². The molecule has 0 spiro atoms. The molecular weight excluding hydrogens is 210 g/mol. The minimum absolute atomic E-state index is 0.260. The van der Waals surface area contributed by atoms with Crippen LogP contribution in [-0.4, -0.2) is 14.9 Å². The molecule has 0 unspecified atom stereocenters. The second-order valence-electron chi connectivity index (χ2n) is 2.90. The zero-order valence-electron chi connectivity index (χ0n) is 8.16. The minimum atomic E-state index is -0.610. The number of rotatable bonds is 3. The Morgan fingerprint density at radius 3 is 2.88 bits per heavy atom. The maximum absolute atomic E-state index is 10.4. The van der Waals surface area contributed by atoms with E-state index in [2.05, 4.69) is 16.5 Å². The standard InChI is InChI=1S/C10H7N3O3/c1-2-7-5-6-11-10(12-7)8-3-4-9(16-8)13(14)15/h2-6H,1H2. The molecule has 16 heavy (non-hydrogen) atoms.